The van der Waals surface area contributed by atoms with Crippen LogP contribution < -0.4 is 0 Å². The van der Waals surface area contributed by atoms with Crippen molar-refractivity contribution in [2.45, 2.75) is 142 Å². The molecular weight excluding hydrogens is 667 g/mol. The summed E-state index contributed by atoms with van der Waals surface area (Å²) in [7, 11) is -4.83. The van der Waals surface area contributed by atoms with Gasteiger partial charge >= 0.3 is 19.8 Å². The fraction of sp³-hybridized carbons (Fsp3) is 0.585. The summed E-state index contributed by atoms with van der Waals surface area (Å²) in [6.45, 7) is 3.30. The average molecular weight is 733 g/mol. The molecule has 0 unspecified atom stereocenters. The Labute approximate surface area is 307 Å². The van der Waals surface area contributed by atoms with Crippen molar-refractivity contribution in [1.82, 2.24) is 0 Å². The van der Waals surface area contributed by atoms with Crippen LogP contribution in [0, 0.1) is 0 Å². The summed E-state index contributed by atoms with van der Waals surface area (Å²) in [6.07, 6.45) is 43.1. The zero-order valence-electron chi connectivity index (χ0n) is 31.2. The number of carbonyl (C=O) groups is 3. The minimum atomic E-state index is -4.83. The van der Waals surface area contributed by atoms with Crippen LogP contribution in [0.4, 0.5) is 0 Å². The molecule has 0 aliphatic heterocycles. The van der Waals surface area contributed by atoms with Crippen LogP contribution in [-0.2, 0) is 32.9 Å². The first-order valence-electron chi connectivity index (χ1n) is 18.8. The number of phosphoric acid groups is 1. The smallest absolute Gasteiger partial charge is 0.462 e. The fourth-order valence-corrected chi connectivity index (χ4v) is 4.93. The molecule has 0 saturated carbocycles. The van der Waals surface area contributed by atoms with E-state index in [-0.39, 0.29) is 38.1 Å². The molecule has 0 aromatic rings. The molecule has 1 atom stereocenters. The van der Waals surface area contributed by atoms with E-state index in [9.17, 15) is 18.9 Å². The number of rotatable bonds is 33. The van der Waals surface area contributed by atoms with E-state index in [1.807, 2.05) is 6.08 Å². The van der Waals surface area contributed by atoms with Gasteiger partial charge in [-0.3, -0.25) is 18.9 Å². The number of phosphoric ester groups is 1. The number of ether oxygens (including phenoxy) is 2. The predicted molar refractivity (Wildman–Crippen MR) is 207 cm³/mol. The Morgan fingerprint density at radius 3 is 1.76 bits per heavy atom. The van der Waals surface area contributed by atoms with E-state index >= 15 is 0 Å². The lowest BCUT2D eigenvalue weighted by Gasteiger charge is -2.18. The van der Waals surface area contributed by atoms with Gasteiger partial charge in [-0.1, -0.05) is 125 Å². The number of carbonyl (C=O) groups excluding carboxylic acids is 3. The molecule has 0 bridgehead atoms. The third-order valence-electron chi connectivity index (χ3n) is 7.37. The number of allylic oxidation sites excluding steroid dienone is 14. The van der Waals surface area contributed by atoms with Crippen molar-refractivity contribution in [2.75, 3.05) is 13.2 Å². The Morgan fingerprint density at radius 1 is 0.588 bits per heavy atom. The van der Waals surface area contributed by atoms with Crippen LogP contribution in [0.2, 0.25) is 0 Å². The van der Waals surface area contributed by atoms with Gasteiger partial charge in [0.2, 0.25) is 0 Å². The second-order valence-electron chi connectivity index (χ2n) is 12.2. The van der Waals surface area contributed by atoms with E-state index in [0.717, 1.165) is 70.6 Å². The lowest BCUT2D eigenvalue weighted by Crippen LogP contribution is -2.29. The SMILES string of the molecule is CC/C=C\C/C=C\C/C=C\CCCCCCCC(=O)OC[C@H](COP(=O)(O)O)OC(=O)CCCC(=O)/C=C/C=C\C/C=C\C/C=C\CCCCC. The van der Waals surface area contributed by atoms with Crippen LogP contribution in [0.3, 0.4) is 0 Å². The van der Waals surface area contributed by atoms with E-state index in [0.29, 0.717) is 6.42 Å². The van der Waals surface area contributed by atoms with Crippen molar-refractivity contribution in [2.24, 2.45) is 0 Å². The number of hydrogen-bond acceptors (Lipinski definition) is 7. The van der Waals surface area contributed by atoms with Crippen molar-refractivity contribution in [3.8, 4) is 0 Å². The van der Waals surface area contributed by atoms with Crippen LogP contribution >= 0.6 is 7.82 Å². The van der Waals surface area contributed by atoms with Crippen LogP contribution in [0.25, 0.3) is 0 Å². The Hall–Kier alpha value is -3.10. The lowest BCUT2D eigenvalue weighted by molar-refractivity contribution is -0.161. The summed E-state index contributed by atoms with van der Waals surface area (Å²) >= 11 is 0. The predicted octanol–water partition coefficient (Wildman–Crippen LogP) is 10.5. The molecule has 0 fully saturated rings. The first kappa shape index (κ1) is 47.9. The summed E-state index contributed by atoms with van der Waals surface area (Å²) in [6, 6.07) is 0. The zero-order chi connectivity index (χ0) is 37.7. The van der Waals surface area contributed by atoms with Crippen molar-refractivity contribution in [3.05, 3.63) is 85.1 Å². The van der Waals surface area contributed by atoms with Gasteiger partial charge in [0.25, 0.3) is 0 Å². The Bertz CT molecular complexity index is 1160. The molecule has 9 nitrogen and oxygen atoms in total. The van der Waals surface area contributed by atoms with E-state index in [1.54, 1.807) is 12.2 Å². The Balaban J connectivity index is 4.24. The highest BCUT2D eigenvalue weighted by Crippen LogP contribution is 2.35. The van der Waals surface area contributed by atoms with Gasteiger partial charge in [-0.15, -0.1) is 0 Å². The van der Waals surface area contributed by atoms with Crippen molar-refractivity contribution in [1.29, 1.82) is 0 Å². The Morgan fingerprint density at radius 2 is 1.14 bits per heavy atom. The summed E-state index contributed by atoms with van der Waals surface area (Å²) in [5.74, 6) is -1.31. The quantitative estimate of drug-likeness (QED) is 0.0169. The van der Waals surface area contributed by atoms with Gasteiger partial charge < -0.3 is 19.3 Å². The zero-order valence-corrected chi connectivity index (χ0v) is 32.1. The molecule has 10 heteroatoms. The van der Waals surface area contributed by atoms with Gasteiger partial charge in [0, 0.05) is 19.3 Å². The fourth-order valence-electron chi connectivity index (χ4n) is 4.57. The second kappa shape index (κ2) is 35.3. The number of esters is 2. The maximum Gasteiger partial charge on any atom is 0.469 e. The first-order chi connectivity index (χ1) is 24.7. The molecule has 0 heterocycles. The standard InChI is InChI=1S/C41H65O9P/c1-3-5-7-9-11-13-15-17-18-20-22-24-26-28-30-34-40(43)48-36-39(37-49-51(45,46)47)50-41(44)35-31-33-38(42)32-29-27-25-23-21-19-16-14-12-10-8-6-4-2/h5,7,11-14,17-19,21,25,27,29,32,39H,3-4,6,8-10,15-16,20,22-24,26,28,30-31,33-37H2,1-2H3,(H2,45,46,47)/b7-5-,13-11-,14-12-,18-17-,21-19-,27-25-,32-29+/t39-/m1/s1. The molecule has 0 amide bonds. The Kier molecular flexibility index (Phi) is 33.2. The normalized spacial score (nSPS) is 13.3. The summed E-state index contributed by atoms with van der Waals surface area (Å²) in [5.41, 5.74) is 0. The van der Waals surface area contributed by atoms with E-state index in [2.05, 4.69) is 79.1 Å². The number of ketones is 1. The maximum absolute atomic E-state index is 12.3. The third-order valence-corrected chi connectivity index (χ3v) is 7.86. The highest BCUT2D eigenvalue weighted by molar-refractivity contribution is 7.46. The lowest BCUT2D eigenvalue weighted by atomic mass is 10.1. The van der Waals surface area contributed by atoms with Gasteiger partial charge in [0.15, 0.2) is 11.9 Å². The molecule has 0 aromatic heterocycles. The highest BCUT2D eigenvalue weighted by Gasteiger charge is 2.23. The first-order valence-corrected chi connectivity index (χ1v) is 20.4. The maximum atomic E-state index is 12.3. The molecule has 0 aliphatic carbocycles. The molecular formula is C41H65O9P. The summed E-state index contributed by atoms with van der Waals surface area (Å²) in [4.78, 5) is 54.8. The van der Waals surface area contributed by atoms with Gasteiger partial charge in [-0.2, -0.15) is 0 Å². The molecule has 0 radical (unpaired) electrons. The van der Waals surface area contributed by atoms with Crippen molar-refractivity contribution >= 4 is 25.5 Å². The molecule has 0 spiro atoms. The van der Waals surface area contributed by atoms with E-state index in [1.165, 1.54) is 25.3 Å². The summed E-state index contributed by atoms with van der Waals surface area (Å²) < 4.78 is 26.1. The van der Waals surface area contributed by atoms with Gasteiger partial charge in [-0.05, 0) is 76.7 Å². The number of hydrogen-bond donors (Lipinski definition) is 2. The van der Waals surface area contributed by atoms with Gasteiger partial charge in [0.05, 0.1) is 6.61 Å². The highest BCUT2D eigenvalue weighted by atomic mass is 31.2. The molecule has 0 saturated heterocycles. The molecule has 51 heavy (non-hydrogen) atoms. The third kappa shape index (κ3) is 38.0. The van der Waals surface area contributed by atoms with Crippen molar-refractivity contribution in [3.63, 3.8) is 0 Å². The topological polar surface area (TPSA) is 136 Å². The average Bonchev–Trinajstić information content (AvgIpc) is 3.09. The van der Waals surface area contributed by atoms with Crippen LogP contribution in [0.15, 0.2) is 85.1 Å². The van der Waals surface area contributed by atoms with Crippen LogP contribution in [0.1, 0.15) is 136 Å². The second-order valence-corrected chi connectivity index (χ2v) is 13.4. The molecule has 288 valence electrons. The van der Waals surface area contributed by atoms with E-state index < -0.39 is 32.5 Å². The molecule has 2 N–H and O–H groups in total. The van der Waals surface area contributed by atoms with Crippen LogP contribution in [-0.4, -0.2) is 46.8 Å². The van der Waals surface area contributed by atoms with Gasteiger partial charge in [-0.25, -0.2) is 4.57 Å². The monoisotopic (exact) mass is 732 g/mol. The van der Waals surface area contributed by atoms with E-state index in [4.69, 9.17) is 19.3 Å². The molecule has 0 aliphatic rings. The van der Waals surface area contributed by atoms with Gasteiger partial charge in [0.1, 0.15) is 6.61 Å². The minimum absolute atomic E-state index is 0.0859. The number of unbranched alkanes of at least 4 members (excludes halogenated alkanes) is 8. The van der Waals surface area contributed by atoms with Crippen LogP contribution in [0.5, 0.6) is 0 Å². The largest absolute Gasteiger partial charge is 0.469 e. The summed E-state index contributed by atoms with van der Waals surface area (Å²) in [5, 5.41) is 0. The minimum Gasteiger partial charge on any atom is -0.462 e. The molecule has 0 rings (SSSR count). The van der Waals surface area contributed by atoms with Crippen molar-refractivity contribution < 1.29 is 42.7 Å². The molecule has 0 aromatic carbocycles.